The molecule has 0 amide bonds. The van der Waals surface area contributed by atoms with Crippen LogP contribution in [0.15, 0.2) is 54.6 Å². The third-order valence-corrected chi connectivity index (χ3v) is 5.38. The Morgan fingerprint density at radius 2 is 1.55 bits per heavy atom. The van der Waals surface area contributed by atoms with E-state index in [1.807, 2.05) is 24.3 Å². The summed E-state index contributed by atoms with van der Waals surface area (Å²) >= 11 is 0. The molecule has 1 aliphatic carbocycles. The predicted octanol–water partition coefficient (Wildman–Crippen LogP) is 4.32. The number of ketones is 1. The highest BCUT2D eigenvalue weighted by Crippen LogP contribution is 2.40. The number of rotatable bonds is 7. The minimum Gasteiger partial charge on any atom is -0.493 e. The summed E-state index contributed by atoms with van der Waals surface area (Å²) in [6, 6.07) is 16.8. The van der Waals surface area contributed by atoms with Gasteiger partial charge in [-0.15, -0.1) is 0 Å². The van der Waals surface area contributed by atoms with Crippen molar-refractivity contribution in [3.8, 4) is 28.4 Å². The average Bonchev–Trinajstić information content (AvgIpc) is 3.19. The van der Waals surface area contributed by atoms with Crippen LogP contribution in [0.5, 0.6) is 17.2 Å². The van der Waals surface area contributed by atoms with Gasteiger partial charge in [-0.2, -0.15) is 0 Å². The first kappa shape index (κ1) is 20.5. The number of esters is 1. The standard InChI is InChI=1S/C25H22O6/c1-28-22-11-10-19(23(29-2)24(22)30-3)25(27)31-14-21(26)17-9-8-16-12-15-6-4-5-7-18(15)20(16)13-17/h4-11,13H,12,14H2,1-3H3. The molecule has 0 aromatic heterocycles. The number of benzene rings is 3. The molecule has 0 atom stereocenters. The second-order valence-corrected chi connectivity index (χ2v) is 7.09. The molecule has 0 saturated carbocycles. The van der Waals surface area contributed by atoms with E-state index in [-0.39, 0.29) is 29.5 Å². The van der Waals surface area contributed by atoms with Crippen molar-refractivity contribution in [2.75, 3.05) is 27.9 Å². The highest BCUT2D eigenvalue weighted by atomic mass is 16.5. The minimum absolute atomic E-state index is 0.149. The van der Waals surface area contributed by atoms with Crippen molar-refractivity contribution in [1.82, 2.24) is 0 Å². The van der Waals surface area contributed by atoms with Gasteiger partial charge in [-0.3, -0.25) is 4.79 Å². The van der Waals surface area contributed by atoms with Crippen molar-refractivity contribution in [3.05, 3.63) is 76.9 Å². The van der Waals surface area contributed by atoms with E-state index in [1.54, 1.807) is 12.1 Å². The number of carbonyl (C=O) groups is 2. The van der Waals surface area contributed by atoms with Crippen LogP contribution in [0.1, 0.15) is 31.8 Å². The zero-order valence-electron chi connectivity index (χ0n) is 17.6. The van der Waals surface area contributed by atoms with E-state index < -0.39 is 5.97 Å². The first-order chi connectivity index (χ1) is 15.1. The summed E-state index contributed by atoms with van der Waals surface area (Å²) < 4.78 is 21.1. The zero-order chi connectivity index (χ0) is 22.0. The third-order valence-electron chi connectivity index (χ3n) is 5.38. The Kier molecular flexibility index (Phi) is 5.62. The lowest BCUT2D eigenvalue weighted by atomic mass is 10.0. The molecule has 0 unspecified atom stereocenters. The Morgan fingerprint density at radius 3 is 2.29 bits per heavy atom. The van der Waals surface area contributed by atoms with Crippen molar-refractivity contribution in [2.24, 2.45) is 0 Å². The molecule has 6 nitrogen and oxygen atoms in total. The summed E-state index contributed by atoms with van der Waals surface area (Å²) in [7, 11) is 4.36. The molecule has 0 radical (unpaired) electrons. The molecule has 0 N–H and O–H groups in total. The van der Waals surface area contributed by atoms with Gasteiger partial charge in [0, 0.05) is 5.56 Å². The van der Waals surface area contributed by atoms with E-state index in [4.69, 9.17) is 18.9 Å². The number of carbonyl (C=O) groups excluding carboxylic acids is 2. The van der Waals surface area contributed by atoms with Gasteiger partial charge in [0.25, 0.3) is 0 Å². The molecule has 0 saturated heterocycles. The first-order valence-corrected chi connectivity index (χ1v) is 9.77. The van der Waals surface area contributed by atoms with Gasteiger partial charge >= 0.3 is 5.97 Å². The molecular weight excluding hydrogens is 396 g/mol. The van der Waals surface area contributed by atoms with Crippen molar-refractivity contribution in [2.45, 2.75) is 6.42 Å². The molecule has 158 valence electrons. The summed E-state index contributed by atoms with van der Waals surface area (Å²) in [4.78, 5) is 25.3. The zero-order valence-corrected chi connectivity index (χ0v) is 17.6. The molecule has 0 heterocycles. The van der Waals surface area contributed by atoms with E-state index in [0.717, 1.165) is 17.5 Å². The Morgan fingerprint density at radius 1 is 0.806 bits per heavy atom. The fourth-order valence-corrected chi connectivity index (χ4v) is 3.85. The van der Waals surface area contributed by atoms with Crippen LogP contribution in [0, 0.1) is 0 Å². The van der Waals surface area contributed by atoms with E-state index in [0.29, 0.717) is 11.3 Å². The quantitative estimate of drug-likeness (QED) is 0.329. The molecule has 0 bridgehead atoms. The molecule has 6 heteroatoms. The first-order valence-electron chi connectivity index (χ1n) is 9.77. The molecule has 3 aromatic carbocycles. The van der Waals surface area contributed by atoms with Crippen LogP contribution in [-0.2, 0) is 11.2 Å². The SMILES string of the molecule is COc1ccc(C(=O)OCC(=O)c2ccc3c(c2)-c2ccccc2C3)c(OC)c1OC. The smallest absolute Gasteiger partial charge is 0.342 e. The van der Waals surface area contributed by atoms with Crippen LogP contribution in [0.2, 0.25) is 0 Å². The van der Waals surface area contributed by atoms with Gasteiger partial charge in [0.15, 0.2) is 23.9 Å². The highest BCUT2D eigenvalue weighted by Gasteiger charge is 2.23. The van der Waals surface area contributed by atoms with Crippen molar-refractivity contribution >= 4 is 11.8 Å². The van der Waals surface area contributed by atoms with Gasteiger partial charge in [-0.1, -0.05) is 36.4 Å². The van der Waals surface area contributed by atoms with Crippen LogP contribution in [0.4, 0.5) is 0 Å². The van der Waals surface area contributed by atoms with Crippen LogP contribution in [-0.4, -0.2) is 39.7 Å². The molecule has 0 fully saturated rings. The van der Waals surface area contributed by atoms with Gasteiger partial charge < -0.3 is 18.9 Å². The fourth-order valence-electron chi connectivity index (χ4n) is 3.85. The number of fused-ring (bicyclic) bond motifs is 3. The molecule has 31 heavy (non-hydrogen) atoms. The third kappa shape index (κ3) is 3.72. The lowest BCUT2D eigenvalue weighted by Gasteiger charge is -2.15. The Hall–Kier alpha value is -3.80. The molecule has 1 aliphatic rings. The van der Waals surface area contributed by atoms with Crippen molar-refractivity contribution < 1.29 is 28.5 Å². The van der Waals surface area contributed by atoms with E-state index in [2.05, 4.69) is 12.1 Å². The van der Waals surface area contributed by atoms with Gasteiger partial charge in [0.05, 0.1) is 21.3 Å². The van der Waals surface area contributed by atoms with Gasteiger partial charge in [0.1, 0.15) is 5.56 Å². The summed E-state index contributed by atoms with van der Waals surface area (Å²) in [6.45, 7) is -0.378. The molecular formula is C25H22O6. The van der Waals surface area contributed by atoms with Gasteiger partial charge in [-0.05, 0) is 46.9 Å². The van der Waals surface area contributed by atoms with Crippen molar-refractivity contribution in [3.63, 3.8) is 0 Å². The molecule has 3 aromatic rings. The lowest BCUT2D eigenvalue weighted by molar-refractivity contribution is 0.0471. The number of hydrogen-bond acceptors (Lipinski definition) is 6. The maximum atomic E-state index is 12.7. The second kappa shape index (κ2) is 8.52. The van der Waals surface area contributed by atoms with Crippen molar-refractivity contribution in [1.29, 1.82) is 0 Å². The Balaban J connectivity index is 1.51. The summed E-state index contributed by atoms with van der Waals surface area (Å²) in [6.07, 6.45) is 0.855. The maximum Gasteiger partial charge on any atom is 0.342 e. The van der Waals surface area contributed by atoms with Crippen LogP contribution < -0.4 is 14.2 Å². The largest absolute Gasteiger partial charge is 0.493 e. The van der Waals surface area contributed by atoms with E-state index in [1.165, 1.54) is 38.5 Å². The number of hydrogen-bond donors (Lipinski definition) is 0. The number of ether oxygens (including phenoxy) is 4. The normalized spacial score (nSPS) is 11.3. The fraction of sp³-hybridized carbons (Fsp3) is 0.200. The van der Waals surface area contributed by atoms with Crippen LogP contribution in [0.25, 0.3) is 11.1 Å². The van der Waals surface area contributed by atoms with Gasteiger partial charge in [-0.25, -0.2) is 4.79 Å². The molecule has 0 aliphatic heterocycles. The minimum atomic E-state index is -0.683. The second-order valence-electron chi connectivity index (χ2n) is 7.09. The summed E-state index contributed by atoms with van der Waals surface area (Å²) in [5.41, 5.74) is 5.27. The monoisotopic (exact) mass is 418 g/mol. The predicted molar refractivity (Wildman–Crippen MR) is 115 cm³/mol. The van der Waals surface area contributed by atoms with E-state index in [9.17, 15) is 9.59 Å². The highest BCUT2D eigenvalue weighted by molar-refractivity contribution is 6.01. The Bertz CT molecular complexity index is 1160. The average molecular weight is 418 g/mol. The summed E-state index contributed by atoms with van der Waals surface area (Å²) in [5.74, 6) is -0.0699. The number of Topliss-reactive ketones (excluding diaryl/α,β-unsaturated/α-hetero) is 1. The molecule has 4 rings (SSSR count). The maximum absolute atomic E-state index is 12.7. The van der Waals surface area contributed by atoms with Gasteiger partial charge in [0.2, 0.25) is 5.75 Å². The van der Waals surface area contributed by atoms with Crippen LogP contribution in [0.3, 0.4) is 0 Å². The topological polar surface area (TPSA) is 71.1 Å². The summed E-state index contributed by atoms with van der Waals surface area (Å²) in [5, 5.41) is 0. The lowest BCUT2D eigenvalue weighted by Crippen LogP contribution is -2.15. The number of methoxy groups -OCH3 is 3. The Labute approximate surface area is 180 Å². The van der Waals surface area contributed by atoms with E-state index >= 15 is 0 Å². The molecule has 0 spiro atoms. The van der Waals surface area contributed by atoms with Crippen LogP contribution >= 0.6 is 0 Å².